The molecule has 4 aliphatic carbocycles. The van der Waals surface area contributed by atoms with Crippen LogP contribution in [0.2, 0.25) is 0 Å². The first-order valence-electron chi connectivity index (χ1n) is 10.4. The van der Waals surface area contributed by atoms with Gasteiger partial charge in [-0.15, -0.1) is 11.8 Å². The number of nitrogens with one attached hydrogen (secondary N) is 2. The average molecular weight is 417 g/mol. The average Bonchev–Trinajstić information content (AvgIpc) is 2.64. The molecule has 1 aromatic rings. The fourth-order valence-corrected chi connectivity index (χ4v) is 6.57. The smallest absolute Gasteiger partial charge is 0.321 e. The van der Waals surface area contributed by atoms with E-state index >= 15 is 0 Å². The van der Waals surface area contributed by atoms with Crippen molar-refractivity contribution in [3.05, 3.63) is 29.8 Å². The SMILES string of the molecule is Cc1ccccc1SCC(=O)OCC(=O)NC(=O)NC12CC3CC(CC(C3)C1)C2. The van der Waals surface area contributed by atoms with E-state index in [-0.39, 0.29) is 11.3 Å². The topological polar surface area (TPSA) is 84.5 Å². The van der Waals surface area contributed by atoms with Crippen molar-refractivity contribution in [2.45, 2.75) is 55.9 Å². The summed E-state index contributed by atoms with van der Waals surface area (Å²) >= 11 is 1.37. The van der Waals surface area contributed by atoms with Crippen LogP contribution in [0, 0.1) is 24.7 Å². The molecular formula is C22H28N2O4S. The first-order chi connectivity index (χ1) is 13.9. The molecule has 4 fully saturated rings. The highest BCUT2D eigenvalue weighted by Gasteiger charge is 2.51. The van der Waals surface area contributed by atoms with E-state index in [9.17, 15) is 14.4 Å². The molecule has 6 nitrogen and oxygen atoms in total. The Kier molecular flexibility index (Phi) is 5.86. The normalized spacial score (nSPS) is 29.3. The molecule has 0 atom stereocenters. The molecular weight excluding hydrogens is 388 g/mol. The van der Waals surface area contributed by atoms with E-state index < -0.39 is 24.5 Å². The van der Waals surface area contributed by atoms with Gasteiger partial charge in [0.1, 0.15) is 0 Å². The second kappa shape index (κ2) is 8.38. The number of thioether (sulfide) groups is 1. The second-order valence-corrected chi connectivity index (χ2v) is 9.93. The molecule has 0 spiro atoms. The minimum Gasteiger partial charge on any atom is -0.455 e. The van der Waals surface area contributed by atoms with Crippen molar-refractivity contribution in [2.75, 3.05) is 12.4 Å². The monoisotopic (exact) mass is 416 g/mol. The maximum atomic E-state index is 12.3. The highest BCUT2D eigenvalue weighted by molar-refractivity contribution is 8.00. The summed E-state index contributed by atoms with van der Waals surface area (Å²) in [6, 6.07) is 7.30. The summed E-state index contributed by atoms with van der Waals surface area (Å²) in [6.45, 7) is 1.53. The third-order valence-corrected chi connectivity index (χ3v) is 7.62. The Hall–Kier alpha value is -2.02. The molecule has 0 radical (unpaired) electrons. The molecule has 0 unspecified atom stereocenters. The molecule has 7 heteroatoms. The van der Waals surface area contributed by atoms with Gasteiger partial charge in [0.2, 0.25) is 0 Å². The molecule has 29 heavy (non-hydrogen) atoms. The quantitative estimate of drug-likeness (QED) is 0.548. The number of carbonyl (C=O) groups is 3. The van der Waals surface area contributed by atoms with E-state index in [0.717, 1.165) is 29.7 Å². The van der Waals surface area contributed by atoms with Gasteiger partial charge in [0.15, 0.2) is 6.61 Å². The fourth-order valence-electron chi connectivity index (χ4n) is 5.74. The number of hydrogen-bond acceptors (Lipinski definition) is 5. The first kappa shape index (κ1) is 20.3. The molecule has 4 saturated carbocycles. The lowest BCUT2D eigenvalue weighted by atomic mass is 9.53. The zero-order chi connectivity index (χ0) is 20.4. The first-order valence-corrected chi connectivity index (χ1v) is 11.4. The predicted molar refractivity (Wildman–Crippen MR) is 110 cm³/mol. The predicted octanol–water partition coefficient (Wildman–Crippen LogP) is 3.42. The number of rotatable bonds is 6. The highest BCUT2D eigenvalue weighted by Crippen LogP contribution is 2.55. The van der Waals surface area contributed by atoms with Gasteiger partial charge in [-0.25, -0.2) is 4.79 Å². The van der Waals surface area contributed by atoms with Gasteiger partial charge in [-0.2, -0.15) is 0 Å². The molecule has 0 aliphatic heterocycles. The standard InChI is InChI=1S/C22H28N2O4S/c1-14-4-2-3-5-18(14)29-13-20(26)28-12-19(25)23-21(27)24-22-9-15-6-16(10-22)8-17(7-15)11-22/h2-5,15-17H,6-13H2,1H3,(H2,23,24,25,27). The van der Waals surface area contributed by atoms with Gasteiger partial charge >= 0.3 is 12.0 Å². The summed E-state index contributed by atoms with van der Waals surface area (Å²) in [5.74, 6) is 1.19. The van der Waals surface area contributed by atoms with Crippen LogP contribution in [0.3, 0.4) is 0 Å². The number of benzene rings is 1. The molecule has 3 amide bonds. The van der Waals surface area contributed by atoms with Gasteiger partial charge in [0.05, 0.1) is 5.75 Å². The number of amides is 3. The summed E-state index contributed by atoms with van der Waals surface area (Å²) in [5, 5.41) is 5.40. The van der Waals surface area contributed by atoms with Crippen molar-refractivity contribution < 1.29 is 19.1 Å². The zero-order valence-electron chi connectivity index (χ0n) is 16.7. The van der Waals surface area contributed by atoms with Crippen molar-refractivity contribution in [1.29, 1.82) is 0 Å². The zero-order valence-corrected chi connectivity index (χ0v) is 17.6. The maximum Gasteiger partial charge on any atom is 0.321 e. The molecule has 5 rings (SSSR count). The molecule has 0 saturated heterocycles. The van der Waals surface area contributed by atoms with Crippen LogP contribution in [-0.2, 0) is 14.3 Å². The van der Waals surface area contributed by atoms with Crippen LogP contribution >= 0.6 is 11.8 Å². The van der Waals surface area contributed by atoms with Gasteiger partial charge in [-0.05, 0) is 74.8 Å². The van der Waals surface area contributed by atoms with Gasteiger partial charge in [-0.3, -0.25) is 14.9 Å². The van der Waals surface area contributed by atoms with Gasteiger partial charge in [0, 0.05) is 10.4 Å². The minimum atomic E-state index is -0.596. The van der Waals surface area contributed by atoms with Crippen LogP contribution in [0.25, 0.3) is 0 Å². The Morgan fingerprint density at radius 1 is 1.07 bits per heavy atom. The van der Waals surface area contributed by atoms with E-state index in [1.165, 1.54) is 31.0 Å². The Labute approximate surface area is 175 Å². The van der Waals surface area contributed by atoms with Gasteiger partial charge < -0.3 is 10.1 Å². The minimum absolute atomic E-state index is 0.123. The maximum absolute atomic E-state index is 12.3. The van der Waals surface area contributed by atoms with Crippen LogP contribution in [-0.4, -0.2) is 35.8 Å². The Morgan fingerprint density at radius 3 is 2.31 bits per heavy atom. The lowest BCUT2D eigenvalue weighted by Crippen LogP contribution is -2.62. The number of ether oxygens (including phenoxy) is 1. The van der Waals surface area contributed by atoms with Gasteiger partial charge in [-0.1, -0.05) is 18.2 Å². The van der Waals surface area contributed by atoms with Crippen LogP contribution in [0.1, 0.15) is 44.1 Å². The summed E-state index contributed by atoms with van der Waals surface area (Å²) in [6.07, 6.45) is 6.93. The largest absolute Gasteiger partial charge is 0.455 e. The van der Waals surface area contributed by atoms with Gasteiger partial charge in [0.25, 0.3) is 5.91 Å². The van der Waals surface area contributed by atoms with Crippen molar-refractivity contribution in [1.82, 2.24) is 10.6 Å². The van der Waals surface area contributed by atoms with Crippen LogP contribution in [0.5, 0.6) is 0 Å². The van der Waals surface area contributed by atoms with E-state index in [4.69, 9.17) is 4.74 Å². The molecule has 1 aromatic carbocycles. The lowest BCUT2D eigenvalue weighted by molar-refractivity contribution is -0.145. The van der Waals surface area contributed by atoms with Crippen molar-refractivity contribution >= 4 is 29.7 Å². The number of esters is 1. The van der Waals surface area contributed by atoms with Crippen molar-refractivity contribution in [3.8, 4) is 0 Å². The summed E-state index contributed by atoms with van der Waals surface area (Å²) in [4.78, 5) is 37.3. The van der Waals surface area contributed by atoms with Crippen LogP contribution in [0.4, 0.5) is 4.79 Å². The second-order valence-electron chi connectivity index (χ2n) is 8.92. The number of urea groups is 1. The number of hydrogen-bond donors (Lipinski definition) is 2. The molecule has 156 valence electrons. The summed E-state index contributed by atoms with van der Waals surface area (Å²) in [7, 11) is 0. The summed E-state index contributed by atoms with van der Waals surface area (Å²) < 4.78 is 5.01. The van der Waals surface area contributed by atoms with Crippen molar-refractivity contribution in [3.63, 3.8) is 0 Å². The Balaban J connectivity index is 1.18. The van der Waals surface area contributed by atoms with Crippen LogP contribution < -0.4 is 10.6 Å². The third-order valence-electron chi connectivity index (χ3n) is 6.47. The lowest BCUT2D eigenvalue weighted by Gasteiger charge is -2.56. The highest BCUT2D eigenvalue weighted by atomic mass is 32.2. The molecule has 0 heterocycles. The van der Waals surface area contributed by atoms with E-state index in [1.807, 2.05) is 31.2 Å². The Morgan fingerprint density at radius 2 is 1.69 bits per heavy atom. The van der Waals surface area contributed by atoms with E-state index in [2.05, 4.69) is 10.6 Å². The molecule has 2 N–H and O–H groups in total. The van der Waals surface area contributed by atoms with Crippen molar-refractivity contribution in [2.24, 2.45) is 17.8 Å². The Bertz CT molecular complexity index is 774. The van der Waals surface area contributed by atoms with Crippen LogP contribution in [0.15, 0.2) is 29.2 Å². The molecule has 4 bridgehead atoms. The van der Waals surface area contributed by atoms with E-state index in [0.29, 0.717) is 17.8 Å². The number of carbonyl (C=O) groups excluding carboxylic acids is 3. The fraction of sp³-hybridized carbons (Fsp3) is 0.591. The number of aryl methyl sites for hydroxylation is 1. The molecule has 0 aromatic heterocycles. The number of imide groups is 1. The van der Waals surface area contributed by atoms with E-state index in [1.54, 1.807) is 0 Å². The summed E-state index contributed by atoms with van der Waals surface area (Å²) in [5.41, 5.74) is 0.935. The third kappa shape index (κ3) is 4.94. The molecule has 4 aliphatic rings.